The lowest BCUT2D eigenvalue weighted by Gasteiger charge is -2.30. The second kappa shape index (κ2) is 7.29. The summed E-state index contributed by atoms with van der Waals surface area (Å²) in [5.74, 6) is -0.894. The van der Waals surface area contributed by atoms with E-state index in [0.717, 1.165) is 17.2 Å². The molecule has 0 radical (unpaired) electrons. The molecule has 1 saturated heterocycles. The van der Waals surface area contributed by atoms with Gasteiger partial charge >= 0.3 is 0 Å². The molecule has 0 spiro atoms. The van der Waals surface area contributed by atoms with Crippen LogP contribution in [-0.4, -0.2) is 31.6 Å². The number of piperidine rings is 1. The Balaban J connectivity index is 1.73. The molecule has 0 N–H and O–H groups in total. The van der Waals surface area contributed by atoms with Crippen LogP contribution in [0.15, 0.2) is 47.4 Å². The molecule has 0 amide bonds. The van der Waals surface area contributed by atoms with Crippen LogP contribution in [0, 0.1) is 25.6 Å². The first-order valence-electron chi connectivity index (χ1n) is 8.67. The quantitative estimate of drug-likeness (QED) is 0.765. The second-order valence-corrected chi connectivity index (χ2v) is 8.70. The summed E-state index contributed by atoms with van der Waals surface area (Å²) in [6.07, 6.45) is 0.889. The van der Waals surface area contributed by atoms with Crippen LogP contribution < -0.4 is 0 Å². The molecule has 2 aromatic rings. The minimum Gasteiger partial charge on any atom is -0.294 e. The third kappa shape index (κ3) is 3.57. The van der Waals surface area contributed by atoms with Crippen molar-refractivity contribution in [3.63, 3.8) is 0 Å². The van der Waals surface area contributed by atoms with Gasteiger partial charge in [-0.2, -0.15) is 4.31 Å². The van der Waals surface area contributed by atoms with E-state index in [9.17, 15) is 17.6 Å². The Labute approximate surface area is 153 Å². The Morgan fingerprint density at radius 3 is 2.35 bits per heavy atom. The summed E-state index contributed by atoms with van der Waals surface area (Å²) >= 11 is 0. The van der Waals surface area contributed by atoms with E-state index >= 15 is 0 Å². The van der Waals surface area contributed by atoms with Crippen LogP contribution in [-0.2, 0) is 10.0 Å². The van der Waals surface area contributed by atoms with Crippen molar-refractivity contribution < 1.29 is 17.6 Å². The van der Waals surface area contributed by atoms with Gasteiger partial charge in [-0.15, -0.1) is 0 Å². The lowest BCUT2D eigenvalue weighted by Crippen LogP contribution is -2.40. The van der Waals surface area contributed by atoms with Crippen LogP contribution >= 0.6 is 0 Å². The number of ketones is 1. The number of nitrogens with zero attached hydrogens (tertiary/aromatic N) is 1. The van der Waals surface area contributed by atoms with E-state index in [2.05, 4.69) is 0 Å². The molecule has 1 heterocycles. The molecule has 2 aromatic carbocycles. The molecule has 0 atom stereocenters. The highest BCUT2D eigenvalue weighted by Gasteiger charge is 2.33. The molecule has 1 fully saturated rings. The van der Waals surface area contributed by atoms with Gasteiger partial charge in [0.25, 0.3) is 0 Å². The number of benzene rings is 2. The number of hydrogen-bond donors (Lipinski definition) is 0. The van der Waals surface area contributed by atoms with Crippen LogP contribution in [0.5, 0.6) is 0 Å². The molecular weight excluding hydrogens is 353 g/mol. The molecule has 0 aliphatic carbocycles. The zero-order chi connectivity index (χ0) is 18.9. The Morgan fingerprint density at radius 2 is 1.73 bits per heavy atom. The van der Waals surface area contributed by atoms with E-state index < -0.39 is 15.8 Å². The molecule has 26 heavy (non-hydrogen) atoms. The standard InChI is InChI=1S/C20H22FNO3S/c1-14-7-8-17(15(2)13-14)20(23)16-9-11-22(12-10-16)26(24,25)19-6-4-3-5-18(19)21/h3-8,13,16H,9-12H2,1-2H3. The van der Waals surface area contributed by atoms with Crippen molar-refractivity contribution in [2.45, 2.75) is 31.6 Å². The predicted octanol–water partition coefficient (Wildman–Crippen LogP) is 3.73. The number of hydrogen-bond acceptors (Lipinski definition) is 3. The van der Waals surface area contributed by atoms with Gasteiger partial charge in [0.2, 0.25) is 10.0 Å². The second-order valence-electron chi connectivity index (χ2n) is 6.79. The molecule has 0 bridgehead atoms. The van der Waals surface area contributed by atoms with Crippen molar-refractivity contribution in [2.75, 3.05) is 13.1 Å². The van der Waals surface area contributed by atoms with Crippen molar-refractivity contribution in [3.05, 3.63) is 65.0 Å². The first kappa shape index (κ1) is 18.7. The fourth-order valence-corrected chi connectivity index (χ4v) is 5.00. The summed E-state index contributed by atoms with van der Waals surface area (Å²) in [6, 6.07) is 11.1. The number of carbonyl (C=O) groups excluding carboxylic acids is 1. The predicted molar refractivity (Wildman–Crippen MR) is 98.1 cm³/mol. The van der Waals surface area contributed by atoms with Gasteiger partial charge in [-0.25, -0.2) is 12.8 Å². The van der Waals surface area contributed by atoms with Gasteiger partial charge < -0.3 is 0 Å². The Hall–Kier alpha value is -2.05. The van der Waals surface area contributed by atoms with Gasteiger partial charge in [0.1, 0.15) is 10.7 Å². The van der Waals surface area contributed by atoms with Crippen molar-refractivity contribution in [2.24, 2.45) is 5.92 Å². The van der Waals surface area contributed by atoms with Crippen molar-refractivity contribution in [3.8, 4) is 0 Å². The van der Waals surface area contributed by atoms with E-state index in [1.54, 1.807) is 0 Å². The lowest BCUT2D eigenvalue weighted by molar-refractivity contribution is 0.0874. The highest BCUT2D eigenvalue weighted by molar-refractivity contribution is 7.89. The highest BCUT2D eigenvalue weighted by atomic mass is 32.2. The molecule has 4 nitrogen and oxygen atoms in total. The largest absolute Gasteiger partial charge is 0.294 e. The van der Waals surface area contributed by atoms with Gasteiger partial charge in [0.15, 0.2) is 5.78 Å². The number of Topliss-reactive ketones (excluding diaryl/α,β-unsaturated/α-hetero) is 1. The number of carbonyl (C=O) groups is 1. The van der Waals surface area contributed by atoms with Gasteiger partial charge in [-0.3, -0.25) is 4.79 Å². The van der Waals surface area contributed by atoms with E-state index in [-0.39, 0.29) is 29.7 Å². The first-order chi connectivity index (χ1) is 12.3. The minimum atomic E-state index is -3.87. The lowest BCUT2D eigenvalue weighted by atomic mass is 9.87. The SMILES string of the molecule is Cc1ccc(C(=O)C2CCN(S(=O)(=O)c3ccccc3F)CC2)c(C)c1. The average Bonchev–Trinajstić information content (AvgIpc) is 2.61. The van der Waals surface area contributed by atoms with Gasteiger partial charge in [0, 0.05) is 24.6 Å². The maximum atomic E-state index is 13.9. The van der Waals surface area contributed by atoms with Crippen LogP contribution in [0.25, 0.3) is 0 Å². The number of rotatable bonds is 4. The first-order valence-corrected chi connectivity index (χ1v) is 10.1. The Morgan fingerprint density at radius 1 is 1.08 bits per heavy atom. The summed E-state index contributed by atoms with van der Waals surface area (Å²) in [7, 11) is -3.87. The van der Waals surface area contributed by atoms with Crippen molar-refractivity contribution in [1.29, 1.82) is 0 Å². The molecule has 1 aliphatic rings. The molecule has 6 heteroatoms. The summed E-state index contributed by atoms with van der Waals surface area (Å²) < 4.78 is 40.5. The minimum absolute atomic E-state index is 0.0606. The van der Waals surface area contributed by atoms with Crippen LogP contribution in [0.2, 0.25) is 0 Å². The number of sulfonamides is 1. The molecule has 1 aliphatic heterocycles. The zero-order valence-corrected chi connectivity index (χ0v) is 15.7. The number of aryl methyl sites for hydroxylation is 2. The summed E-state index contributed by atoms with van der Waals surface area (Å²) in [5, 5.41) is 0. The Bertz CT molecular complexity index is 932. The van der Waals surface area contributed by atoms with E-state index in [1.165, 1.54) is 22.5 Å². The molecule has 0 aromatic heterocycles. The van der Waals surface area contributed by atoms with Crippen LogP contribution in [0.4, 0.5) is 4.39 Å². The maximum absolute atomic E-state index is 13.9. The van der Waals surface area contributed by atoms with E-state index in [4.69, 9.17) is 0 Å². The fourth-order valence-electron chi connectivity index (χ4n) is 3.46. The monoisotopic (exact) mass is 375 g/mol. The normalized spacial score (nSPS) is 16.6. The van der Waals surface area contributed by atoms with Crippen LogP contribution in [0.1, 0.15) is 34.3 Å². The molecule has 0 saturated carbocycles. The van der Waals surface area contributed by atoms with Crippen molar-refractivity contribution >= 4 is 15.8 Å². The number of halogens is 1. The molecule has 138 valence electrons. The molecule has 3 rings (SSSR count). The zero-order valence-electron chi connectivity index (χ0n) is 14.9. The third-order valence-electron chi connectivity index (χ3n) is 4.93. The van der Waals surface area contributed by atoms with Crippen LogP contribution in [0.3, 0.4) is 0 Å². The Kier molecular flexibility index (Phi) is 5.25. The van der Waals surface area contributed by atoms with E-state index in [1.807, 2.05) is 32.0 Å². The van der Waals surface area contributed by atoms with E-state index in [0.29, 0.717) is 18.4 Å². The average molecular weight is 375 g/mol. The fraction of sp³-hybridized carbons (Fsp3) is 0.350. The smallest absolute Gasteiger partial charge is 0.245 e. The summed E-state index contributed by atoms with van der Waals surface area (Å²) in [6.45, 7) is 4.33. The maximum Gasteiger partial charge on any atom is 0.245 e. The van der Waals surface area contributed by atoms with Gasteiger partial charge in [0.05, 0.1) is 0 Å². The highest BCUT2D eigenvalue weighted by Crippen LogP contribution is 2.28. The third-order valence-corrected chi connectivity index (χ3v) is 6.86. The molecule has 0 unspecified atom stereocenters. The van der Waals surface area contributed by atoms with Gasteiger partial charge in [-0.05, 0) is 44.4 Å². The van der Waals surface area contributed by atoms with Gasteiger partial charge in [-0.1, -0.05) is 35.9 Å². The summed E-state index contributed by atoms with van der Waals surface area (Å²) in [5.41, 5.74) is 2.74. The molecular formula is C20H22FNO3S. The van der Waals surface area contributed by atoms with Crippen molar-refractivity contribution in [1.82, 2.24) is 4.31 Å². The topological polar surface area (TPSA) is 54.5 Å². The summed E-state index contributed by atoms with van der Waals surface area (Å²) in [4.78, 5) is 12.5.